The summed E-state index contributed by atoms with van der Waals surface area (Å²) in [6, 6.07) is 31.6. The molecule has 0 N–H and O–H groups in total. The molecule has 0 bridgehead atoms. The summed E-state index contributed by atoms with van der Waals surface area (Å²) in [5, 5.41) is 0.480. The fourth-order valence-electron chi connectivity index (χ4n) is 5.39. The van der Waals surface area contributed by atoms with Crippen molar-refractivity contribution in [3.63, 3.8) is 0 Å². The van der Waals surface area contributed by atoms with Crippen LogP contribution in [0.4, 0.5) is 0 Å². The number of amides is 2. The topological polar surface area (TPSA) is 161 Å². The largest absolute Gasteiger partial charge is 0.459 e. The van der Waals surface area contributed by atoms with Crippen LogP contribution in [-0.4, -0.2) is 78.1 Å². The maximum Gasteiger partial charge on any atom is 0.338 e. The lowest BCUT2D eigenvalue weighted by Gasteiger charge is -2.44. The smallest absolute Gasteiger partial charge is 0.338 e. The zero-order chi connectivity index (χ0) is 35.7. The van der Waals surface area contributed by atoms with E-state index in [0.29, 0.717) is 5.06 Å². The van der Waals surface area contributed by atoms with Gasteiger partial charge in [-0.2, -0.15) is 5.06 Å². The fraction of sp³-hybridized carbons (Fsp3) is 0.211. The minimum Gasteiger partial charge on any atom is -0.459 e. The van der Waals surface area contributed by atoms with E-state index in [0.717, 1.165) is 0 Å². The molecular formula is C38H31NO12. The van der Waals surface area contributed by atoms with Crippen molar-refractivity contribution in [3.8, 4) is 0 Å². The average molecular weight is 694 g/mol. The molecule has 2 aliphatic heterocycles. The maximum absolute atomic E-state index is 13.6. The summed E-state index contributed by atoms with van der Waals surface area (Å²) in [5.41, 5.74) is 0.512. The van der Waals surface area contributed by atoms with Crippen molar-refractivity contribution in [1.82, 2.24) is 5.06 Å². The Kier molecular flexibility index (Phi) is 10.9. The van der Waals surface area contributed by atoms with Gasteiger partial charge in [-0.3, -0.25) is 9.59 Å². The Hall–Kier alpha value is -6.18. The molecule has 4 aromatic rings. The molecule has 0 saturated carbocycles. The summed E-state index contributed by atoms with van der Waals surface area (Å²) < 4.78 is 29.5. The molecular weight excluding hydrogens is 662 g/mol. The molecule has 0 aliphatic carbocycles. The van der Waals surface area contributed by atoms with Gasteiger partial charge in [0.25, 0.3) is 11.8 Å². The molecule has 4 aromatic carbocycles. The molecule has 13 heteroatoms. The standard InChI is InChI=1S/C38H31NO12/c40-29-21-22-30(41)39(29)51-38-33(50-37(45)27-19-11-4-12-20-27)32(49-36(44)26-17-9-3-10-18-26)31(48-35(43)25-15-7-2-8-16-25)28(47-38)23-46-34(42)24-13-5-1-6-14-24/h1-20,28,31-33,38H,21-23H2/t28-,31+,32+,33-,38+/m1/s1. The van der Waals surface area contributed by atoms with Gasteiger partial charge in [0.1, 0.15) is 12.7 Å². The quantitative estimate of drug-likeness (QED) is 0.124. The minimum absolute atomic E-state index is 0.0921. The van der Waals surface area contributed by atoms with Crippen molar-refractivity contribution in [2.24, 2.45) is 0 Å². The maximum atomic E-state index is 13.6. The van der Waals surface area contributed by atoms with Gasteiger partial charge in [-0.15, -0.1) is 0 Å². The van der Waals surface area contributed by atoms with Crippen molar-refractivity contribution in [2.45, 2.75) is 43.5 Å². The Bertz CT molecular complexity index is 1850. The zero-order valence-electron chi connectivity index (χ0n) is 26.9. The SMILES string of the molecule is O=C(OC[C@H]1O[C@@H](ON2C(=O)CCC2=O)[C@H](OC(=O)c2ccccc2)[C@@H](OC(=O)c2ccccc2)[C@H]1OC(=O)c1ccccc1)c1ccccc1. The number of carbonyl (C=O) groups excluding carboxylic acids is 6. The lowest BCUT2D eigenvalue weighted by molar-refractivity contribution is -0.341. The highest BCUT2D eigenvalue weighted by Gasteiger charge is 2.55. The molecule has 2 heterocycles. The monoisotopic (exact) mass is 693 g/mol. The van der Waals surface area contributed by atoms with E-state index in [1.807, 2.05) is 0 Å². The van der Waals surface area contributed by atoms with E-state index >= 15 is 0 Å². The van der Waals surface area contributed by atoms with Crippen LogP contribution in [0.5, 0.6) is 0 Å². The van der Waals surface area contributed by atoms with E-state index in [2.05, 4.69) is 0 Å². The van der Waals surface area contributed by atoms with Crippen LogP contribution in [0.3, 0.4) is 0 Å². The minimum atomic E-state index is -1.82. The summed E-state index contributed by atoms with van der Waals surface area (Å²) in [6.45, 7) is -0.596. The second-order valence-electron chi connectivity index (χ2n) is 11.4. The van der Waals surface area contributed by atoms with Gasteiger partial charge in [0.15, 0.2) is 18.3 Å². The Morgan fingerprint density at radius 1 is 0.529 bits per heavy atom. The Morgan fingerprint density at radius 2 is 0.902 bits per heavy atom. The summed E-state index contributed by atoms with van der Waals surface area (Å²) in [6.07, 6.45) is -8.63. The van der Waals surface area contributed by atoms with Crippen LogP contribution in [0.15, 0.2) is 121 Å². The molecule has 0 spiro atoms. The lowest BCUT2D eigenvalue weighted by atomic mass is 9.97. The fourth-order valence-corrected chi connectivity index (χ4v) is 5.39. The Morgan fingerprint density at radius 3 is 1.33 bits per heavy atom. The van der Waals surface area contributed by atoms with Crippen molar-refractivity contribution in [1.29, 1.82) is 0 Å². The lowest BCUT2D eigenvalue weighted by Crippen LogP contribution is -2.64. The first-order valence-corrected chi connectivity index (χ1v) is 16.0. The van der Waals surface area contributed by atoms with Crippen LogP contribution in [0, 0.1) is 0 Å². The van der Waals surface area contributed by atoms with Gasteiger partial charge in [0.05, 0.1) is 22.3 Å². The third kappa shape index (κ3) is 8.35. The van der Waals surface area contributed by atoms with Crippen molar-refractivity contribution in [3.05, 3.63) is 144 Å². The van der Waals surface area contributed by atoms with E-state index in [4.69, 9.17) is 28.5 Å². The number of hydrogen-bond donors (Lipinski definition) is 0. The highest BCUT2D eigenvalue weighted by Crippen LogP contribution is 2.33. The van der Waals surface area contributed by atoms with Gasteiger partial charge in [-0.1, -0.05) is 72.8 Å². The van der Waals surface area contributed by atoms with Gasteiger partial charge in [0, 0.05) is 12.8 Å². The van der Waals surface area contributed by atoms with Gasteiger partial charge >= 0.3 is 23.9 Å². The van der Waals surface area contributed by atoms with Crippen LogP contribution >= 0.6 is 0 Å². The highest BCUT2D eigenvalue weighted by molar-refractivity contribution is 6.00. The summed E-state index contributed by atoms with van der Waals surface area (Å²) in [5.74, 6) is -4.85. The number of imide groups is 1. The second-order valence-corrected chi connectivity index (χ2v) is 11.4. The predicted molar refractivity (Wildman–Crippen MR) is 174 cm³/mol. The number of carbonyl (C=O) groups is 6. The average Bonchev–Trinajstić information content (AvgIpc) is 3.49. The molecule has 2 fully saturated rings. The molecule has 0 radical (unpaired) electrons. The summed E-state index contributed by atoms with van der Waals surface area (Å²) in [4.78, 5) is 84.8. The third-order valence-electron chi connectivity index (χ3n) is 7.95. The molecule has 13 nitrogen and oxygen atoms in total. The predicted octanol–water partition coefficient (Wildman–Crippen LogP) is 4.33. The molecule has 5 atom stereocenters. The van der Waals surface area contributed by atoms with E-state index < -0.39 is 73.0 Å². The van der Waals surface area contributed by atoms with E-state index in [9.17, 15) is 28.8 Å². The molecule has 51 heavy (non-hydrogen) atoms. The van der Waals surface area contributed by atoms with Crippen molar-refractivity contribution in [2.75, 3.05) is 6.61 Å². The highest BCUT2D eigenvalue weighted by atomic mass is 16.8. The van der Waals surface area contributed by atoms with Crippen LogP contribution in [-0.2, 0) is 38.1 Å². The van der Waals surface area contributed by atoms with Crippen molar-refractivity contribution < 1.29 is 57.3 Å². The molecule has 0 aromatic heterocycles. The molecule has 6 rings (SSSR count). The first kappa shape index (κ1) is 34.7. The molecule has 2 saturated heterocycles. The molecule has 2 amide bonds. The van der Waals surface area contributed by atoms with E-state index in [1.165, 1.54) is 48.5 Å². The van der Waals surface area contributed by atoms with E-state index in [-0.39, 0.29) is 35.1 Å². The number of rotatable bonds is 11. The van der Waals surface area contributed by atoms with Crippen LogP contribution in [0.25, 0.3) is 0 Å². The van der Waals surface area contributed by atoms with Crippen LogP contribution in [0.2, 0.25) is 0 Å². The van der Waals surface area contributed by atoms with Gasteiger partial charge < -0.3 is 23.7 Å². The third-order valence-corrected chi connectivity index (χ3v) is 7.95. The number of hydroxylamine groups is 2. The second kappa shape index (κ2) is 16.0. The summed E-state index contributed by atoms with van der Waals surface area (Å²) in [7, 11) is 0. The molecule has 260 valence electrons. The number of hydrogen-bond acceptors (Lipinski definition) is 12. The van der Waals surface area contributed by atoms with Crippen molar-refractivity contribution >= 4 is 35.7 Å². The number of ether oxygens (including phenoxy) is 5. The first-order chi connectivity index (χ1) is 24.8. The van der Waals surface area contributed by atoms with Crippen LogP contribution < -0.4 is 0 Å². The van der Waals surface area contributed by atoms with Gasteiger partial charge in [0.2, 0.25) is 6.29 Å². The Balaban J connectivity index is 1.41. The number of esters is 4. The summed E-state index contributed by atoms with van der Waals surface area (Å²) >= 11 is 0. The number of nitrogens with zero attached hydrogens (tertiary/aromatic N) is 1. The van der Waals surface area contributed by atoms with Gasteiger partial charge in [-0.25, -0.2) is 24.0 Å². The molecule has 0 unspecified atom stereocenters. The zero-order valence-corrected chi connectivity index (χ0v) is 26.9. The first-order valence-electron chi connectivity index (χ1n) is 16.0. The van der Waals surface area contributed by atoms with Gasteiger partial charge in [-0.05, 0) is 48.5 Å². The Labute approximate surface area is 291 Å². The molecule has 2 aliphatic rings. The van der Waals surface area contributed by atoms with E-state index in [1.54, 1.807) is 72.8 Å². The normalized spacial score (nSPS) is 21.4. The number of benzene rings is 4. The van der Waals surface area contributed by atoms with Crippen LogP contribution in [0.1, 0.15) is 54.3 Å².